The van der Waals surface area contributed by atoms with Gasteiger partial charge in [0.25, 0.3) is 0 Å². The second-order valence-electron chi connectivity index (χ2n) is 3.03. The van der Waals surface area contributed by atoms with Crippen LogP contribution in [0.3, 0.4) is 0 Å². The van der Waals surface area contributed by atoms with Crippen LogP contribution < -0.4 is 10.4 Å². The third-order valence-corrected chi connectivity index (χ3v) is 2.03. The van der Waals surface area contributed by atoms with Crippen molar-refractivity contribution >= 4 is 12.7 Å². The molecule has 0 N–H and O–H groups in total. The smallest absolute Gasteiger partial charge is 0.0722 e. The lowest BCUT2D eigenvalue weighted by Gasteiger charge is -2.02. The van der Waals surface area contributed by atoms with Crippen LogP contribution in [0.2, 0.25) is 0 Å². The third-order valence-electron chi connectivity index (χ3n) is 2.03. The number of hydrogen-bond donors (Lipinski definition) is 0. The van der Waals surface area contributed by atoms with Crippen LogP contribution in [0.1, 0.15) is 26.3 Å². The Kier molecular flexibility index (Phi) is 8.18. The minimum Gasteiger partial charge on any atom is -0.377 e. The standard InChI is InChI=1S/C13H16O.C2H6/c1-4-7-13-11(3)8-6-9-12(13)10-14-5-2;1-2/h4,6-9H,1,3,5,10H2,2H3;1-2H3/b13-7+;. The summed E-state index contributed by atoms with van der Waals surface area (Å²) in [6, 6.07) is 6.04. The number of hydrogen-bond acceptors (Lipinski definition) is 1. The molecule has 0 heterocycles. The van der Waals surface area contributed by atoms with Gasteiger partial charge in [-0.25, -0.2) is 0 Å². The highest BCUT2D eigenvalue weighted by atomic mass is 16.5. The van der Waals surface area contributed by atoms with Gasteiger partial charge < -0.3 is 4.74 Å². The monoisotopic (exact) mass is 218 g/mol. The molecule has 16 heavy (non-hydrogen) atoms. The van der Waals surface area contributed by atoms with E-state index in [1.165, 1.54) is 5.56 Å². The molecule has 0 unspecified atom stereocenters. The van der Waals surface area contributed by atoms with Gasteiger partial charge in [-0.15, -0.1) is 0 Å². The maximum Gasteiger partial charge on any atom is 0.0722 e. The molecule has 0 aliphatic carbocycles. The molecule has 0 amide bonds. The van der Waals surface area contributed by atoms with Crippen molar-refractivity contribution in [1.82, 2.24) is 0 Å². The van der Waals surface area contributed by atoms with Gasteiger partial charge in [0.2, 0.25) is 0 Å². The van der Waals surface area contributed by atoms with E-state index in [4.69, 9.17) is 4.74 Å². The van der Waals surface area contributed by atoms with Crippen molar-refractivity contribution in [1.29, 1.82) is 0 Å². The van der Waals surface area contributed by atoms with E-state index < -0.39 is 0 Å². The predicted octanol–water partition coefficient (Wildman–Crippen LogP) is 2.63. The molecule has 0 aliphatic rings. The van der Waals surface area contributed by atoms with Gasteiger partial charge in [-0.1, -0.05) is 57.4 Å². The molecule has 1 rings (SSSR count). The summed E-state index contributed by atoms with van der Waals surface area (Å²) in [5.74, 6) is 0. The van der Waals surface area contributed by atoms with Gasteiger partial charge in [0.1, 0.15) is 0 Å². The molecule has 88 valence electrons. The van der Waals surface area contributed by atoms with Crippen molar-refractivity contribution in [3.8, 4) is 0 Å². The van der Waals surface area contributed by atoms with Crippen LogP contribution in [0.15, 0.2) is 30.9 Å². The highest BCUT2D eigenvalue weighted by Crippen LogP contribution is 1.92. The van der Waals surface area contributed by atoms with Gasteiger partial charge in [0.15, 0.2) is 0 Å². The second kappa shape index (κ2) is 8.93. The summed E-state index contributed by atoms with van der Waals surface area (Å²) in [6.45, 7) is 15.0. The Bertz CT molecular complexity index is 404. The van der Waals surface area contributed by atoms with Crippen LogP contribution in [0.4, 0.5) is 0 Å². The first kappa shape index (κ1) is 14.7. The van der Waals surface area contributed by atoms with E-state index in [2.05, 4.69) is 19.2 Å². The topological polar surface area (TPSA) is 9.23 Å². The van der Waals surface area contributed by atoms with Gasteiger partial charge in [0.05, 0.1) is 6.61 Å². The highest BCUT2D eigenvalue weighted by Gasteiger charge is 1.94. The molecule has 1 aromatic rings. The normalized spacial score (nSPS) is 10.6. The third kappa shape index (κ3) is 4.45. The summed E-state index contributed by atoms with van der Waals surface area (Å²) in [5, 5.41) is 2.14. The van der Waals surface area contributed by atoms with Crippen molar-refractivity contribution in [3.05, 3.63) is 46.9 Å². The maximum atomic E-state index is 5.38. The molecule has 0 saturated heterocycles. The Morgan fingerprint density at radius 2 is 2.00 bits per heavy atom. The molecule has 0 aliphatic heterocycles. The van der Waals surface area contributed by atoms with E-state index in [1.54, 1.807) is 6.08 Å². The first-order valence-electron chi connectivity index (χ1n) is 5.77. The van der Waals surface area contributed by atoms with Crippen LogP contribution in [0.25, 0.3) is 12.7 Å². The lowest BCUT2D eigenvalue weighted by Crippen LogP contribution is -2.27. The zero-order chi connectivity index (χ0) is 12.4. The van der Waals surface area contributed by atoms with Gasteiger partial charge in [0, 0.05) is 6.61 Å². The van der Waals surface area contributed by atoms with Gasteiger partial charge >= 0.3 is 0 Å². The van der Waals surface area contributed by atoms with Crippen molar-refractivity contribution < 1.29 is 4.74 Å². The zero-order valence-corrected chi connectivity index (χ0v) is 10.6. The van der Waals surface area contributed by atoms with Crippen LogP contribution in [-0.4, -0.2) is 6.61 Å². The van der Waals surface area contributed by atoms with Crippen LogP contribution in [0, 0.1) is 0 Å². The number of ether oxygens (including phenoxy) is 1. The highest BCUT2D eigenvalue weighted by molar-refractivity contribution is 5.39. The summed E-state index contributed by atoms with van der Waals surface area (Å²) >= 11 is 0. The quantitative estimate of drug-likeness (QED) is 0.755. The van der Waals surface area contributed by atoms with E-state index in [-0.39, 0.29) is 0 Å². The van der Waals surface area contributed by atoms with Gasteiger partial charge in [-0.05, 0) is 22.9 Å². The van der Waals surface area contributed by atoms with Gasteiger partial charge in [-0.2, -0.15) is 0 Å². The van der Waals surface area contributed by atoms with E-state index in [0.29, 0.717) is 6.61 Å². The molecule has 0 atom stereocenters. The molecular weight excluding hydrogens is 196 g/mol. The summed E-state index contributed by atoms with van der Waals surface area (Å²) in [5.41, 5.74) is 1.17. The number of allylic oxidation sites excluding steroid dienone is 1. The first-order valence-corrected chi connectivity index (χ1v) is 5.77. The van der Waals surface area contributed by atoms with Crippen LogP contribution in [0.5, 0.6) is 0 Å². The van der Waals surface area contributed by atoms with Crippen molar-refractivity contribution in [2.24, 2.45) is 0 Å². The maximum absolute atomic E-state index is 5.38. The number of rotatable bonds is 4. The molecule has 0 fully saturated rings. The van der Waals surface area contributed by atoms with Crippen molar-refractivity contribution in [2.45, 2.75) is 27.4 Å². The fourth-order valence-electron chi connectivity index (χ4n) is 1.34. The number of benzene rings is 1. The molecule has 0 bridgehead atoms. The zero-order valence-electron chi connectivity index (χ0n) is 10.6. The van der Waals surface area contributed by atoms with Gasteiger partial charge in [-0.3, -0.25) is 0 Å². The largest absolute Gasteiger partial charge is 0.377 e. The lowest BCUT2D eigenvalue weighted by atomic mass is 10.1. The molecular formula is C15H22O. The SMILES string of the molecule is C=C/C=c1/c(COCC)cccc1=C.CC. The fraction of sp³-hybridized carbons (Fsp3) is 0.333. The average Bonchev–Trinajstić information content (AvgIpc) is 2.33. The average molecular weight is 218 g/mol. The Morgan fingerprint density at radius 3 is 2.56 bits per heavy atom. The summed E-state index contributed by atoms with van der Waals surface area (Å²) in [6.07, 6.45) is 3.75. The molecule has 0 radical (unpaired) electrons. The Hall–Kier alpha value is -1.34. The van der Waals surface area contributed by atoms with Crippen molar-refractivity contribution in [3.63, 3.8) is 0 Å². The minimum absolute atomic E-state index is 0.638. The van der Waals surface area contributed by atoms with E-state index in [0.717, 1.165) is 17.0 Å². The van der Waals surface area contributed by atoms with Crippen LogP contribution in [-0.2, 0) is 11.3 Å². The predicted molar refractivity (Wildman–Crippen MR) is 72.6 cm³/mol. The molecule has 1 heteroatoms. The summed E-state index contributed by atoms with van der Waals surface area (Å²) in [4.78, 5) is 0. The van der Waals surface area contributed by atoms with E-state index in [9.17, 15) is 0 Å². The van der Waals surface area contributed by atoms with Crippen LogP contribution >= 0.6 is 0 Å². The Balaban J connectivity index is 0.00000106. The van der Waals surface area contributed by atoms with E-state index >= 15 is 0 Å². The van der Waals surface area contributed by atoms with E-state index in [1.807, 2.05) is 39.0 Å². The second-order valence-corrected chi connectivity index (χ2v) is 3.03. The lowest BCUT2D eigenvalue weighted by molar-refractivity contribution is 0.133. The minimum atomic E-state index is 0.638. The molecule has 1 aromatic carbocycles. The Morgan fingerprint density at radius 1 is 1.31 bits per heavy atom. The Labute approximate surface area is 98.8 Å². The molecule has 0 spiro atoms. The summed E-state index contributed by atoms with van der Waals surface area (Å²) < 4.78 is 5.38. The molecule has 0 saturated carbocycles. The van der Waals surface area contributed by atoms with Crippen molar-refractivity contribution in [2.75, 3.05) is 6.61 Å². The first-order chi connectivity index (χ1) is 7.79. The summed E-state index contributed by atoms with van der Waals surface area (Å²) in [7, 11) is 0. The molecule has 0 aromatic heterocycles. The molecule has 1 nitrogen and oxygen atoms in total. The fourth-order valence-corrected chi connectivity index (χ4v) is 1.34.